The molecule has 1 aliphatic heterocycles. The molecular weight excluding hydrogens is 146 g/mol. The second kappa shape index (κ2) is 6.00. The highest BCUT2D eigenvalue weighted by Gasteiger charge is 2.16. The highest BCUT2D eigenvalue weighted by Crippen LogP contribution is 1.99. The van der Waals surface area contributed by atoms with Gasteiger partial charge in [-0.25, -0.2) is 0 Å². The summed E-state index contributed by atoms with van der Waals surface area (Å²) in [6, 6.07) is -0.216. The van der Waals surface area contributed by atoms with Crippen LogP contribution in [0.25, 0.3) is 0 Å². The van der Waals surface area contributed by atoms with Crippen LogP contribution in [0.15, 0.2) is 0 Å². The lowest BCUT2D eigenvalue weighted by atomic mass is 10.1. The van der Waals surface area contributed by atoms with Crippen LogP contribution in [0.3, 0.4) is 0 Å². The van der Waals surface area contributed by atoms with Gasteiger partial charge < -0.3 is 15.2 Å². The molecule has 1 unspecified atom stereocenters. The summed E-state index contributed by atoms with van der Waals surface area (Å²) in [5.41, 5.74) is 0. The van der Waals surface area contributed by atoms with E-state index in [1.165, 1.54) is 0 Å². The van der Waals surface area contributed by atoms with Gasteiger partial charge >= 0.3 is 0 Å². The molecule has 4 heteroatoms. The van der Waals surface area contributed by atoms with E-state index < -0.39 is 0 Å². The fourth-order valence-corrected chi connectivity index (χ4v) is 0.913. The molecule has 1 fully saturated rings. The lowest BCUT2D eigenvalue weighted by Crippen LogP contribution is -2.39. The Morgan fingerprint density at radius 3 is 2.64 bits per heavy atom. The van der Waals surface area contributed by atoms with Crippen molar-refractivity contribution in [2.45, 2.75) is 18.9 Å². The van der Waals surface area contributed by atoms with Gasteiger partial charge in [-0.15, -0.1) is 0 Å². The number of hydrogen-bond donors (Lipinski definition) is 2. The monoisotopic (exact) mass is 159 g/mol. The summed E-state index contributed by atoms with van der Waals surface area (Å²) < 4.78 is 0. The first kappa shape index (κ1) is 10.3. The lowest BCUT2D eigenvalue weighted by Gasteiger charge is -2.16. The third kappa shape index (κ3) is 3.85. The molecule has 1 saturated heterocycles. The Morgan fingerprint density at radius 1 is 1.64 bits per heavy atom. The highest BCUT2D eigenvalue weighted by atomic mass is 16.2. The van der Waals surface area contributed by atoms with Gasteiger partial charge in [0.05, 0.1) is 6.04 Å². The van der Waals surface area contributed by atoms with Crippen LogP contribution in [0.5, 0.6) is 0 Å². The molecule has 0 aliphatic carbocycles. The smallest absolute Gasteiger partial charge is 0.137 e. The highest BCUT2D eigenvalue weighted by molar-refractivity contribution is 5.83. The first-order chi connectivity index (χ1) is 5.33. The number of aldehydes is 1. The molecular formula is C7H13NO3. The third-order valence-corrected chi connectivity index (χ3v) is 1.42. The normalized spacial score (nSPS) is 23.5. The summed E-state index contributed by atoms with van der Waals surface area (Å²) in [6.07, 6.45) is 1.74. The molecule has 64 valence electrons. The van der Waals surface area contributed by atoms with Crippen molar-refractivity contribution in [1.82, 2.24) is 5.32 Å². The zero-order valence-corrected chi connectivity index (χ0v) is 6.54. The van der Waals surface area contributed by atoms with Crippen LogP contribution >= 0.6 is 0 Å². The fourth-order valence-electron chi connectivity index (χ4n) is 0.913. The summed E-state index contributed by atoms with van der Waals surface area (Å²) in [7, 11) is 1.00. The van der Waals surface area contributed by atoms with Crippen LogP contribution < -0.4 is 5.32 Å². The molecule has 0 spiro atoms. The van der Waals surface area contributed by atoms with Crippen LogP contribution in [0.2, 0.25) is 0 Å². The van der Waals surface area contributed by atoms with Gasteiger partial charge in [-0.05, 0) is 0 Å². The molecule has 0 aromatic rings. The SMILES string of the molecule is CO.O=CC1CC(=O)CCN1. The van der Waals surface area contributed by atoms with Crippen LogP contribution in [-0.4, -0.2) is 36.9 Å². The largest absolute Gasteiger partial charge is 0.400 e. The van der Waals surface area contributed by atoms with Gasteiger partial charge in [0, 0.05) is 26.5 Å². The zero-order chi connectivity index (χ0) is 8.69. The van der Waals surface area contributed by atoms with Gasteiger partial charge in [0.25, 0.3) is 0 Å². The summed E-state index contributed by atoms with van der Waals surface area (Å²) in [6.45, 7) is 0.655. The molecule has 1 heterocycles. The number of nitrogens with one attached hydrogen (secondary N) is 1. The number of ketones is 1. The quantitative estimate of drug-likeness (QED) is 0.487. The standard InChI is InChI=1S/C6H9NO2.CH4O/c8-4-5-3-6(9)1-2-7-5;1-2/h4-5,7H,1-3H2;2H,1H3. The maximum Gasteiger partial charge on any atom is 0.137 e. The number of rotatable bonds is 1. The Kier molecular flexibility index (Phi) is 5.60. The van der Waals surface area contributed by atoms with Crippen molar-refractivity contribution < 1.29 is 14.7 Å². The van der Waals surface area contributed by atoms with Crippen LogP contribution in [0.1, 0.15) is 12.8 Å². The maximum absolute atomic E-state index is 10.6. The van der Waals surface area contributed by atoms with E-state index >= 15 is 0 Å². The average Bonchev–Trinajstić information content (AvgIpc) is 2.08. The van der Waals surface area contributed by atoms with Gasteiger partial charge in [-0.3, -0.25) is 4.79 Å². The topological polar surface area (TPSA) is 66.4 Å². The van der Waals surface area contributed by atoms with Crippen LogP contribution in [0, 0.1) is 0 Å². The first-order valence-corrected chi connectivity index (χ1v) is 3.48. The number of carbonyl (C=O) groups excluding carboxylic acids is 2. The molecule has 0 aromatic carbocycles. The van der Waals surface area contributed by atoms with Crippen molar-refractivity contribution in [3.63, 3.8) is 0 Å². The molecule has 4 nitrogen and oxygen atoms in total. The van der Waals surface area contributed by atoms with E-state index in [1.807, 2.05) is 0 Å². The van der Waals surface area contributed by atoms with Crippen molar-refractivity contribution in [2.75, 3.05) is 13.7 Å². The lowest BCUT2D eigenvalue weighted by molar-refractivity contribution is -0.123. The average molecular weight is 159 g/mol. The molecule has 11 heavy (non-hydrogen) atoms. The first-order valence-electron chi connectivity index (χ1n) is 3.48. The van der Waals surface area contributed by atoms with Gasteiger partial charge in [-0.1, -0.05) is 0 Å². The molecule has 0 bridgehead atoms. The van der Waals surface area contributed by atoms with Gasteiger partial charge in [0.15, 0.2) is 0 Å². The second-order valence-corrected chi connectivity index (χ2v) is 2.19. The van der Waals surface area contributed by atoms with E-state index in [2.05, 4.69) is 5.32 Å². The van der Waals surface area contributed by atoms with E-state index in [4.69, 9.17) is 5.11 Å². The van der Waals surface area contributed by atoms with Crippen LogP contribution in [-0.2, 0) is 9.59 Å². The molecule has 1 rings (SSSR count). The molecule has 0 amide bonds. The second-order valence-electron chi connectivity index (χ2n) is 2.19. The van der Waals surface area contributed by atoms with Crippen molar-refractivity contribution in [3.8, 4) is 0 Å². The van der Waals surface area contributed by atoms with Crippen molar-refractivity contribution in [3.05, 3.63) is 0 Å². The number of aliphatic hydroxyl groups is 1. The molecule has 2 N–H and O–H groups in total. The summed E-state index contributed by atoms with van der Waals surface area (Å²) >= 11 is 0. The number of Topliss-reactive ketones (excluding diaryl/α,β-unsaturated/α-hetero) is 1. The summed E-state index contributed by atoms with van der Waals surface area (Å²) in [4.78, 5) is 20.7. The van der Waals surface area contributed by atoms with Crippen molar-refractivity contribution >= 4 is 12.1 Å². The van der Waals surface area contributed by atoms with Crippen LogP contribution in [0.4, 0.5) is 0 Å². The van der Waals surface area contributed by atoms with E-state index in [0.29, 0.717) is 19.4 Å². The molecule has 1 aliphatic rings. The molecule has 1 atom stereocenters. The Morgan fingerprint density at radius 2 is 2.27 bits per heavy atom. The van der Waals surface area contributed by atoms with E-state index in [1.54, 1.807) is 0 Å². The maximum atomic E-state index is 10.6. The predicted molar refractivity (Wildman–Crippen MR) is 40.2 cm³/mol. The number of piperidine rings is 1. The number of hydrogen-bond acceptors (Lipinski definition) is 4. The van der Waals surface area contributed by atoms with Crippen molar-refractivity contribution in [1.29, 1.82) is 0 Å². The third-order valence-electron chi connectivity index (χ3n) is 1.42. The van der Waals surface area contributed by atoms with Gasteiger partial charge in [-0.2, -0.15) is 0 Å². The van der Waals surface area contributed by atoms with E-state index in [9.17, 15) is 9.59 Å². The van der Waals surface area contributed by atoms with Gasteiger partial charge in [0.2, 0.25) is 0 Å². The molecule has 0 radical (unpaired) electrons. The predicted octanol–water partition coefficient (Wildman–Crippen LogP) is -0.885. The van der Waals surface area contributed by atoms with E-state index in [0.717, 1.165) is 13.4 Å². The molecule has 0 aromatic heterocycles. The fraction of sp³-hybridized carbons (Fsp3) is 0.714. The molecule has 0 saturated carbocycles. The minimum absolute atomic E-state index is 0.186. The summed E-state index contributed by atoms with van der Waals surface area (Å²) in [5.74, 6) is 0.186. The Hall–Kier alpha value is -0.740. The number of carbonyl (C=O) groups is 2. The minimum Gasteiger partial charge on any atom is -0.400 e. The van der Waals surface area contributed by atoms with Gasteiger partial charge in [0.1, 0.15) is 12.1 Å². The van der Waals surface area contributed by atoms with Crippen molar-refractivity contribution in [2.24, 2.45) is 0 Å². The van der Waals surface area contributed by atoms with E-state index in [-0.39, 0.29) is 11.8 Å². The minimum atomic E-state index is -0.216. The summed E-state index contributed by atoms with van der Waals surface area (Å²) in [5, 5.41) is 9.91. The Labute approximate surface area is 65.6 Å². The Bertz CT molecular complexity index is 136. The zero-order valence-electron chi connectivity index (χ0n) is 6.54. The number of aliphatic hydroxyl groups excluding tert-OH is 1. The Balaban J connectivity index is 0.000000461.